The van der Waals surface area contributed by atoms with Crippen molar-refractivity contribution in [2.75, 3.05) is 19.8 Å². The van der Waals surface area contributed by atoms with Gasteiger partial charge in [-0.15, -0.1) is 0 Å². The van der Waals surface area contributed by atoms with E-state index in [2.05, 4.69) is 13.8 Å². The van der Waals surface area contributed by atoms with E-state index >= 15 is 0 Å². The SMILES string of the molecule is CCC.CCO[Si](OCC)OCC.S.S.S.S. The Morgan fingerprint density at radius 1 is 0.588 bits per heavy atom. The van der Waals surface area contributed by atoms with E-state index in [0.29, 0.717) is 19.8 Å². The lowest BCUT2D eigenvalue weighted by Crippen LogP contribution is -2.27. The third-order valence-corrected chi connectivity index (χ3v) is 2.36. The first-order chi connectivity index (χ1) is 6.26. The highest BCUT2D eigenvalue weighted by atomic mass is 32.1. The molecule has 0 aromatic rings. The Hall–Kier alpha value is 1.50. The van der Waals surface area contributed by atoms with Crippen molar-refractivity contribution in [2.24, 2.45) is 0 Å². The van der Waals surface area contributed by atoms with Crippen molar-refractivity contribution in [3.63, 3.8) is 0 Å². The monoisotopic (exact) mass is 343 g/mol. The Bertz CT molecular complexity index is 80.4. The molecule has 3 nitrogen and oxygen atoms in total. The van der Waals surface area contributed by atoms with E-state index < -0.39 is 9.53 Å². The van der Waals surface area contributed by atoms with Gasteiger partial charge >= 0.3 is 9.53 Å². The summed E-state index contributed by atoms with van der Waals surface area (Å²) in [4.78, 5) is 0. The summed E-state index contributed by atoms with van der Waals surface area (Å²) in [5.74, 6) is 0. The van der Waals surface area contributed by atoms with Gasteiger partial charge in [0.2, 0.25) is 0 Å². The zero-order valence-corrected chi connectivity index (χ0v) is 16.6. The van der Waals surface area contributed by atoms with E-state index in [1.165, 1.54) is 6.42 Å². The molecule has 0 amide bonds. The maximum atomic E-state index is 5.18. The summed E-state index contributed by atoms with van der Waals surface area (Å²) in [5, 5.41) is 0. The lowest BCUT2D eigenvalue weighted by molar-refractivity contribution is 0.107. The molecule has 0 unspecified atom stereocenters. The summed E-state index contributed by atoms with van der Waals surface area (Å²) in [6.45, 7) is 12.0. The number of rotatable bonds is 6. The van der Waals surface area contributed by atoms with Crippen molar-refractivity contribution in [3.8, 4) is 0 Å². The molecule has 0 aromatic heterocycles. The van der Waals surface area contributed by atoms with Gasteiger partial charge in [0.25, 0.3) is 0 Å². The Labute approximate surface area is 137 Å². The van der Waals surface area contributed by atoms with Crippen LogP contribution in [0, 0.1) is 0 Å². The fraction of sp³-hybridized carbons (Fsp3) is 1.00. The van der Waals surface area contributed by atoms with Gasteiger partial charge in [-0.25, -0.2) is 0 Å². The Morgan fingerprint density at radius 3 is 0.882 bits per heavy atom. The smallest absolute Gasteiger partial charge is 0.371 e. The average Bonchev–Trinajstić information content (AvgIpc) is 2.07. The minimum Gasteiger partial charge on any atom is -0.371 e. The standard InChI is InChI=1S/C6H15O3Si.C3H8.4H2S/c1-4-7-10(8-5-2)9-6-3;1-3-2;;;;/h4-6H2,1-3H3;3H2,1-2H3;4*1H2. The van der Waals surface area contributed by atoms with Crippen LogP contribution in [0.4, 0.5) is 0 Å². The highest BCUT2D eigenvalue weighted by molar-refractivity contribution is 7.59. The second-order valence-corrected chi connectivity index (χ2v) is 3.62. The Kier molecular flexibility index (Phi) is 76.8. The van der Waals surface area contributed by atoms with Crippen molar-refractivity contribution < 1.29 is 13.3 Å². The molecule has 0 spiro atoms. The molecule has 0 aliphatic carbocycles. The number of hydrogen-bond donors (Lipinski definition) is 0. The van der Waals surface area contributed by atoms with Crippen molar-refractivity contribution in [2.45, 2.75) is 41.0 Å². The second-order valence-electron chi connectivity index (χ2n) is 2.26. The molecule has 0 aliphatic rings. The Morgan fingerprint density at radius 2 is 0.765 bits per heavy atom. The largest absolute Gasteiger partial charge is 0.577 e. The van der Waals surface area contributed by atoms with Gasteiger partial charge in [0.05, 0.1) is 0 Å². The zero-order chi connectivity index (χ0) is 10.5. The molecule has 1 radical (unpaired) electrons. The first kappa shape index (κ1) is 36.3. The van der Waals surface area contributed by atoms with Gasteiger partial charge in [-0.2, -0.15) is 54.0 Å². The molecule has 0 fully saturated rings. The number of hydrogen-bond acceptors (Lipinski definition) is 3. The first-order valence-corrected chi connectivity index (χ1v) is 6.24. The van der Waals surface area contributed by atoms with Gasteiger partial charge in [0.1, 0.15) is 0 Å². The van der Waals surface area contributed by atoms with Gasteiger partial charge in [-0.3, -0.25) is 0 Å². The molecule has 17 heavy (non-hydrogen) atoms. The van der Waals surface area contributed by atoms with Crippen LogP contribution < -0.4 is 0 Å². The van der Waals surface area contributed by atoms with Gasteiger partial charge in [0, 0.05) is 19.8 Å². The lowest BCUT2D eigenvalue weighted by atomic mass is 10.6. The van der Waals surface area contributed by atoms with Crippen LogP contribution in [0.3, 0.4) is 0 Å². The lowest BCUT2D eigenvalue weighted by Gasteiger charge is -2.10. The maximum absolute atomic E-state index is 5.18. The molecule has 0 N–H and O–H groups in total. The molecule has 0 heterocycles. The molecule has 0 aromatic carbocycles. The molecule has 0 atom stereocenters. The molecule has 0 rings (SSSR count). The van der Waals surface area contributed by atoms with Crippen molar-refractivity contribution in [1.82, 2.24) is 0 Å². The summed E-state index contributed by atoms with van der Waals surface area (Å²) in [6, 6.07) is 0. The quantitative estimate of drug-likeness (QED) is 0.694. The average molecular weight is 344 g/mol. The highest BCUT2D eigenvalue weighted by Crippen LogP contribution is 1.90. The maximum Gasteiger partial charge on any atom is 0.577 e. The fourth-order valence-electron chi connectivity index (χ4n) is 0.479. The molecular formula is C9H31O3S4Si. The molecule has 0 saturated heterocycles. The summed E-state index contributed by atoms with van der Waals surface area (Å²) in [5.41, 5.74) is 0. The van der Waals surface area contributed by atoms with Crippen LogP contribution >= 0.6 is 54.0 Å². The first-order valence-electron chi connectivity index (χ1n) is 5.01. The minimum absolute atomic E-state index is 0. The second kappa shape index (κ2) is 36.0. The normalized spacial score (nSPS) is 7.41. The summed E-state index contributed by atoms with van der Waals surface area (Å²) in [7, 11) is -1.40. The molecule has 113 valence electrons. The molecule has 0 saturated carbocycles. The van der Waals surface area contributed by atoms with Gasteiger partial charge < -0.3 is 13.3 Å². The molecular weight excluding hydrogens is 312 g/mol. The predicted octanol–water partition coefficient (Wildman–Crippen LogP) is 2.95. The van der Waals surface area contributed by atoms with Crippen molar-refractivity contribution >= 4 is 63.5 Å². The predicted molar refractivity (Wildman–Crippen MR) is 98.1 cm³/mol. The van der Waals surface area contributed by atoms with Crippen molar-refractivity contribution in [3.05, 3.63) is 0 Å². The van der Waals surface area contributed by atoms with Crippen molar-refractivity contribution in [1.29, 1.82) is 0 Å². The topological polar surface area (TPSA) is 27.7 Å². The Balaban J connectivity index is -0.0000000393. The summed E-state index contributed by atoms with van der Waals surface area (Å²) >= 11 is 0. The van der Waals surface area contributed by atoms with Gasteiger partial charge in [0.15, 0.2) is 0 Å². The molecule has 8 heteroatoms. The summed E-state index contributed by atoms with van der Waals surface area (Å²) in [6.07, 6.45) is 1.25. The van der Waals surface area contributed by atoms with Crippen LogP contribution in [0.5, 0.6) is 0 Å². The van der Waals surface area contributed by atoms with Crippen LogP contribution in [0.2, 0.25) is 0 Å². The highest BCUT2D eigenvalue weighted by Gasteiger charge is 2.15. The third-order valence-electron chi connectivity index (χ3n) is 0.787. The molecule has 0 aliphatic heterocycles. The zero-order valence-electron chi connectivity index (χ0n) is 11.6. The minimum atomic E-state index is -1.40. The van der Waals surface area contributed by atoms with E-state index in [-0.39, 0.29) is 54.0 Å². The third kappa shape index (κ3) is 38.1. The van der Waals surface area contributed by atoms with E-state index in [0.717, 1.165) is 0 Å². The van der Waals surface area contributed by atoms with Gasteiger partial charge in [-0.05, 0) is 20.8 Å². The van der Waals surface area contributed by atoms with Gasteiger partial charge in [-0.1, -0.05) is 20.3 Å². The van der Waals surface area contributed by atoms with E-state index in [9.17, 15) is 0 Å². The summed E-state index contributed by atoms with van der Waals surface area (Å²) < 4.78 is 15.5. The van der Waals surface area contributed by atoms with E-state index in [4.69, 9.17) is 13.3 Å². The van der Waals surface area contributed by atoms with Crippen LogP contribution in [0.25, 0.3) is 0 Å². The van der Waals surface area contributed by atoms with Crippen LogP contribution in [0.15, 0.2) is 0 Å². The fourth-order valence-corrected chi connectivity index (χ4v) is 1.44. The van der Waals surface area contributed by atoms with E-state index in [1.54, 1.807) is 0 Å². The van der Waals surface area contributed by atoms with Crippen LogP contribution in [-0.4, -0.2) is 29.3 Å². The van der Waals surface area contributed by atoms with E-state index in [1.807, 2.05) is 20.8 Å². The molecule has 0 bridgehead atoms. The van der Waals surface area contributed by atoms with Crippen LogP contribution in [0.1, 0.15) is 41.0 Å². The van der Waals surface area contributed by atoms with Crippen LogP contribution in [-0.2, 0) is 13.3 Å².